The van der Waals surface area contributed by atoms with Crippen LogP contribution in [0, 0.1) is 0 Å². The molecule has 0 saturated carbocycles. The van der Waals surface area contributed by atoms with Crippen LogP contribution >= 0.6 is 8.46 Å². The van der Waals surface area contributed by atoms with Gasteiger partial charge in [0.2, 0.25) is 0 Å². The van der Waals surface area contributed by atoms with E-state index < -0.39 is 0 Å². The third-order valence-corrected chi connectivity index (χ3v) is 1.06. The smallest absolute Gasteiger partial charge is 0.139 e. The van der Waals surface area contributed by atoms with Crippen LogP contribution in [0.25, 0.3) is 0 Å². The minimum Gasteiger partial charge on any atom is -0.296 e. The van der Waals surface area contributed by atoms with Gasteiger partial charge in [-0.1, -0.05) is 8.46 Å². The molecule has 1 nitrogen and oxygen atoms in total. The fourth-order valence-corrected chi connectivity index (χ4v) is 0. The summed E-state index contributed by atoms with van der Waals surface area (Å²) < 4.78 is 0. The topological polar surface area (TPSA) is 17.1 Å². The van der Waals surface area contributed by atoms with Crippen LogP contribution in [-0.2, 0) is 4.79 Å². The molecule has 3 heteroatoms. The van der Waals surface area contributed by atoms with Gasteiger partial charge in [0, 0.05) is 0 Å². The van der Waals surface area contributed by atoms with Crippen molar-refractivity contribution in [1.29, 1.82) is 0 Å². The van der Waals surface area contributed by atoms with Crippen molar-refractivity contribution in [2.24, 2.45) is 0 Å². The predicted molar refractivity (Wildman–Crippen MR) is 27.5 cm³/mol. The monoisotopic (exact) mass is 88.0 g/mol. The van der Waals surface area contributed by atoms with E-state index in [1.165, 1.54) is 0 Å². The fraction of sp³-hybridized carbons (Fsp3) is 0.500. The molecule has 1 atom stereocenters. The zero-order chi connectivity index (χ0) is 4.28. The second-order valence-corrected chi connectivity index (χ2v) is 2.01. The number of carbonyl (C=O) groups is 1. The molecular weight excluding hydrogens is 81.8 g/mol. The van der Waals surface area contributed by atoms with E-state index in [4.69, 9.17) is 0 Å². The van der Waals surface area contributed by atoms with Gasteiger partial charge in [0.25, 0.3) is 0 Å². The maximum atomic E-state index is 9.82. The van der Waals surface area contributed by atoms with E-state index in [2.05, 4.69) is 0 Å². The molecule has 0 radical (unpaired) electrons. The Morgan fingerprint density at radius 2 is 2.20 bits per heavy atom. The Balaban J connectivity index is 2.85. The first-order valence-electron chi connectivity index (χ1n) is 1.45. The molecule has 0 spiro atoms. The second kappa shape index (κ2) is 2.41. The molecule has 1 unspecified atom stereocenters. The summed E-state index contributed by atoms with van der Waals surface area (Å²) in [6, 6.07) is 0. The van der Waals surface area contributed by atoms with Crippen molar-refractivity contribution in [2.75, 3.05) is 0 Å². The van der Waals surface area contributed by atoms with Crippen LogP contribution in [0.5, 0.6) is 0 Å². The van der Waals surface area contributed by atoms with Gasteiger partial charge in [-0.05, 0) is 6.92 Å². The highest BCUT2D eigenvalue weighted by atomic mass is 31.1. The lowest BCUT2D eigenvalue weighted by Gasteiger charge is -1.72. The van der Waals surface area contributed by atoms with Crippen molar-refractivity contribution in [2.45, 2.75) is 6.92 Å². The largest absolute Gasteiger partial charge is 0.296 e. The minimum atomic E-state index is 0.282. The molecule has 0 aromatic heterocycles. The van der Waals surface area contributed by atoms with E-state index >= 15 is 0 Å². The SMILES string of the molecule is BPC(C)=O. The van der Waals surface area contributed by atoms with Crippen molar-refractivity contribution >= 4 is 21.5 Å². The van der Waals surface area contributed by atoms with E-state index in [0.717, 1.165) is 0 Å². The predicted octanol–water partition coefficient (Wildman–Crippen LogP) is -0.241. The zero-order valence-electron chi connectivity index (χ0n) is 3.41. The molecule has 0 amide bonds. The van der Waals surface area contributed by atoms with Gasteiger partial charge < -0.3 is 0 Å². The van der Waals surface area contributed by atoms with Gasteiger partial charge in [0.1, 0.15) is 13.1 Å². The highest BCUT2D eigenvalue weighted by Crippen LogP contribution is 1.97. The minimum absolute atomic E-state index is 0.282. The Morgan fingerprint density at radius 3 is 2.20 bits per heavy atom. The molecule has 0 aromatic carbocycles. The zero-order valence-corrected chi connectivity index (χ0v) is 4.41. The van der Waals surface area contributed by atoms with Crippen LogP contribution in [0.1, 0.15) is 6.92 Å². The molecule has 0 fully saturated rings. The van der Waals surface area contributed by atoms with Gasteiger partial charge in [-0.2, -0.15) is 0 Å². The fourth-order valence-electron chi connectivity index (χ4n) is 0. The van der Waals surface area contributed by atoms with E-state index in [1.54, 1.807) is 6.92 Å². The van der Waals surface area contributed by atoms with Crippen LogP contribution in [0.3, 0.4) is 0 Å². The Morgan fingerprint density at radius 1 is 2.00 bits per heavy atom. The van der Waals surface area contributed by atoms with Crippen molar-refractivity contribution < 1.29 is 4.79 Å². The van der Waals surface area contributed by atoms with E-state index in [9.17, 15) is 4.79 Å². The quantitative estimate of drug-likeness (QED) is 0.319. The molecule has 0 heterocycles. The van der Waals surface area contributed by atoms with E-state index in [-0.39, 0.29) is 5.52 Å². The molecule has 0 saturated heterocycles. The molecule has 0 bridgehead atoms. The van der Waals surface area contributed by atoms with Crippen LogP contribution in [0.15, 0.2) is 0 Å². The van der Waals surface area contributed by atoms with Gasteiger partial charge in [0.15, 0.2) is 0 Å². The molecule has 0 rings (SSSR count). The summed E-state index contributed by atoms with van der Waals surface area (Å²) in [4.78, 5) is 9.82. The summed E-state index contributed by atoms with van der Waals surface area (Å²) in [6.45, 7) is 1.60. The maximum absolute atomic E-state index is 9.82. The third kappa shape index (κ3) is 4.16. The second-order valence-electron chi connectivity index (χ2n) is 0.806. The maximum Gasteiger partial charge on any atom is 0.139 e. The Labute approximate surface area is 34.3 Å². The molecule has 0 aliphatic heterocycles. The van der Waals surface area contributed by atoms with Gasteiger partial charge in [-0.25, -0.2) is 0 Å². The van der Waals surface area contributed by atoms with Crippen molar-refractivity contribution in [3.8, 4) is 0 Å². The molecule has 0 aromatic rings. The lowest BCUT2D eigenvalue weighted by Crippen LogP contribution is -1.70. The Kier molecular flexibility index (Phi) is 2.48. The van der Waals surface area contributed by atoms with Crippen molar-refractivity contribution in [3.63, 3.8) is 0 Å². The lowest BCUT2D eigenvalue weighted by atomic mass is 10.8. The molecule has 0 N–H and O–H groups in total. The lowest BCUT2D eigenvalue weighted by molar-refractivity contribution is -0.109. The average Bonchev–Trinajstić information content (AvgIpc) is 1.38. The summed E-state index contributed by atoms with van der Waals surface area (Å²) in [5.41, 5.74) is 0.282. The number of carbonyl (C=O) groups excluding carboxylic acids is 1. The first-order valence-corrected chi connectivity index (χ1v) is 2.95. The normalized spacial score (nSPS) is 9.80. The first kappa shape index (κ1) is 5.16. The summed E-state index contributed by atoms with van der Waals surface area (Å²) in [5, 5.41) is 0. The third-order valence-electron chi connectivity index (χ3n) is 0.352. The van der Waals surface area contributed by atoms with Crippen molar-refractivity contribution in [3.05, 3.63) is 0 Å². The molecule has 5 heavy (non-hydrogen) atoms. The molecule has 0 aliphatic carbocycles. The van der Waals surface area contributed by atoms with Crippen LogP contribution in [0.2, 0.25) is 0 Å². The molecule has 28 valence electrons. The average molecular weight is 87.9 g/mol. The van der Waals surface area contributed by atoms with Gasteiger partial charge >= 0.3 is 0 Å². The van der Waals surface area contributed by atoms with Gasteiger partial charge in [-0.15, -0.1) is 0 Å². The summed E-state index contributed by atoms with van der Waals surface area (Å²) >= 11 is 0. The number of hydrogen-bond acceptors (Lipinski definition) is 1. The molecule has 0 aliphatic rings. The summed E-state index contributed by atoms with van der Waals surface area (Å²) in [6.07, 6.45) is 0. The molecular formula is C2H6BOP. The summed E-state index contributed by atoms with van der Waals surface area (Å²) in [7, 11) is 2.35. The number of hydrogen-bond donors (Lipinski definition) is 0. The highest BCUT2D eigenvalue weighted by molar-refractivity contribution is 7.80. The van der Waals surface area contributed by atoms with E-state index in [1.807, 2.05) is 7.57 Å². The van der Waals surface area contributed by atoms with Gasteiger partial charge in [0.05, 0.1) is 0 Å². The van der Waals surface area contributed by atoms with Crippen LogP contribution < -0.4 is 0 Å². The number of rotatable bonds is 1. The Hall–Kier alpha value is 0.165. The Bertz CT molecular complexity index is 44.9. The first-order chi connectivity index (χ1) is 2.27. The van der Waals surface area contributed by atoms with Crippen molar-refractivity contribution in [1.82, 2.24) is 0 Å². The van der Waals surface area contributed by atoms with Crippen LogP contribution in [0.4, 0.5) is 0 Å². The highest BCUT2D eigenvalue weighted by Gasteiger charge is 1.76. The van der Waals surface area contributed by atoms with Crippen LogP contribution in [-0.4, -0.2) is 13.1 Å². The van der Waals surface area contributed by atoms with E-state index in [0.29, 0.717) is 8.46 Å². The van der Waals surface area contributed by atoms with Gasteiger partial charge in [-0.3, -0.25) is 4.79 Å². The summed E-state index contributed by atoms with van der Waals surface area (Å²) in [5.74, 6) is 0. The standard InChI is InChI=1S/C2H6BOP/c1-2(4)5-3/h5H,3H2,1H3.